The number of carboxylic acids is 1. The smallest absolute Gasteiger partial charge is 0.186 e. The molecule has 6 heteroatoms. The van der Waals surface area contributed by atoms with Crippen LogP contribution < -0.4 is 5.11 Å². The number of ether oxygens (including phenoxy) is 1. The van der Waals surface area contributed by atoms with E-state index in [4.69, 9.17) is 4.74 Å². The number of hydrogen-bond donors (Lipinski definition) is 2. The van der Waals surface area contributed by atoms with E-state index in [2.05, 4.69) is 13.0 Å². The monoisotopic (exact) mass is 289 g/mol. The molecule has 0 unspecified atom stereocenters. The van der Waals surface area contributed by atoms with Crippen LogP contribution in [0.1, 0.15) is 39.0 Å². The molecule has 0 fully saturated rings. The number of carbonyl (C=O) groups is 1. The van der Waals surface area contributed by atoms with E-state index < -0.39 is 5.97 Å². The lowest BCUT2D eigenvalue weighted by Crippen LogP contribution is -2.52. The summed E-state index contributed by atoms with van der Waals surface area (Å²) < 4.78 is 5.21. The molecule has 2 N–H and O–H groups in total. The first-order chi connectivity index (χ1) is 9.60. The lowest BCUT2D eigenvalue weighted by molar-refractivity contribution is -0.976. The van der Waals surface area contributed by atoms with E-state index in [1.807, 2.05) is 6.08 Å². The minimum atomic E-state index is -1.20. The Kier molecular flexibility index (Phi) is 11.3. The molecule has 0 saturated carbocycles. The first kappa shape index (κ1) is 19.1. The average molecular weight is 289 g/mol. The number of unbranched alkanes of at least 4 members (excludes halogenated alkanes) is 2. The third-order valence-corrected chi connectivity index (χ3v) is 3.08. The lowest BCUT2D eigenvalue weighted by atomic mass is 10.2. The third kappa shape index (κ3) is 9.03. The number of aliphatic hydroxyl groups is 2. The largest absolute Gasteiger partial charge is 0.550 e. The molecular weight excluding hydrogens is 262 g/mol. The molecule has 6 nitrogen and oxygen atoms in total. The van der Waals surface area contributed by atoms with Crippen molar-refractivity contribution in [3.8, 4) is 0 Å². The second-order valence-corrected chi connectivity index (χ2v) is 4.91. The summed E-state index contributed by atoms with van der Waals surface area (Å²) in [6.07, 6.45) is 8.12. The number of carboxylic acid groups (broad SMARTS) is 1. The molecule has 0 aromatic heterocycles. The normalized spacial score (nSPS) is 12.2. The van der Waals surface area contributed by atoms with E-state index in [1.54, 1.807) is 0 Å². The van der Waals surface area contributed by atoms with Crippen LogP contribution >= 0.6 is 0 Å². The zero-order chi connectivity index (χ0) is 15.3. The minimum Gasteiger partial charge on any atom is -0.550 e. The Bertz CT molecular complexity index is 277. The molecule has 0 atom stereocenters. The molecule has 0 aliphatic rings. The zero-order valence-electron chi connectivity index (χ0n) is 12.3. The highest BCUT2D eigenvalue weighted by Gasteiger charge is 2.25. The van der Waals surface area contributed by atoms with Gasteiger partial charge in [0, 0.05) is 12.4 Å². The van der Waals surface area contributed by atoms with Crippen LogP contribution in [0.2, 0.25) is 0 Å². The van der Waals surface area contributed by atoms with Crippen LogP contribution in [0.5, 0.6) is 0 Å². The van der Waals surface area contributed by atoms with Crippen molar-refractivity contribution in [2.24, 2.45) is 0 Å². The van der Waals surface area contributed by atoms with Crippen molar-refractivity contribution in [2.75, 3.05) is 33.3 Å². The Morgan fingerprint density at radius 1 is 1.25 bits per heavy atom. The van der Waals surface area contributed by atoms with Gasteiger partial charge in [-0.3, -0.25) is 4.48 Å². The van der Waals surface area contributed by atoms with Gasteiger partial charge in [0.05, 0.1) is 13.2 Å². The van der Waals surface area contributed by atoms with Gasteiger partial charge < -0.3 is 24.9 Å². The van der Waals surface area contributed by atoms with Crippen molar-refractivity contribution in [1.29, 1.82) is 0 Å². The van der Waals surface area contributed by atoms with Crippen LogP contribution in [-0.2, 0) is 9.53 Å². The predicted octanol–water partition coefficient (Wildman–Crippen LogP) is -0.0466. The summed E-state index contributed by atoms with van der Waals surface area (Å²) in [5.41, 5.74) is 0. The van der Waals surface area contributed by atoms with Gasteiger partial charge in [-0.25, -0.2) is 0 Å². The summed E-state index contributed by atoms with van der Waals surface area (Å²) in [6.45, 7) is 2.07. The topological polar surface area (TPSA) is 89.8 Å². The van der Waals surface area contributed by atoms with Crippen LogP contribution in [0.3, 0.4) is 0 Å². The highest BCUT2D eigenvalue weighted by Crippen LogP contribution is 2.06. The van der Waals surface area contributed by atoms with E-state index in [9.17, 15) is 20.1 Å². The predicted molar refractivity (Wildman–Crippen MR) is 73.0 cm³/mol. The summed E-state index contributed by atoms with van der Waals surface area (Å²) >= 11 is 0. The number of allylic oxidation sites excluding steroid dienone is 1. The molecule has 0 aliphatic carbocycles. The number of carbonyl (C=O) groups excluding carboxylic acids is 1. The maximum absolute atomic E-state index is 10.4. The highest BCUT2D eigenvalue weighted by molar-refractivity contribution is 5.64. The van der Waals surface area contributed by atoms with Crippen molar-refractivity contribution in [3.63, 3.8) is 0 Å². The molecule has 0 radical (unpaired) electrons. The van der Waals surface area contributed by atoms with Crippen LogP contribution in [0.4, 0.5) is 0 Å². The van der Waals surface area contributed by atoms with Crippen LogP contribution in [-0.4, -0.2) is 54.0 Å². The molecule has 0 amide bonds. The first-order valence-corrected chi connectivity index (χ1v) is 7.09. The van der Waals surface area contributed by atoms with Crippen molar-refractivity contribution >= 4 is 5.97 Å². The van der Waals surface area contributed by atoms with Gasteiger partial charge in [-0.1, -0.05) is 31.9 Å². The molecule has 20 heavy (non-hydrogen) atoms. The van der Waals surface area contributed by atoms with Gasteiger partial charge in [-0.2, -0.15) is 0 Å². The molecule has 0 saturated heterocycles. The number of aliphatic carboxylic acids is 1. The van der Waals surface area contributed by atoms with E-state index in [-0.39, 0.29) is 37.6 Å². The Morgan fingerprint density at radius 3 is 2.45 bits per heavy atom. The fourth-order valence-corrected chi connectivity index (χ4v) is 1.63. The van der Waals surface area contributed by atoms with Crippen molar-refractivity contribution in [2.45, 2.75) is 39.0 Å². The average Bonchev–Trinajstić information content (AvgIpc) is 2.45. The number of hydrogen-bond acceptors (Lipinski definition) is 5. The maximum atomic E-state index is 10.4. The Morgan fingerprint density at radius 2 is 1.90 bits per heavy atom. The van der Waals surface area contributed by atoms with Gasteiger partial charge in [0.1, 0.15) is 0 Å². The Balaban J connectivity index is 3.90. The molecule has 0 aromatic rings. The number of aliphatic hydroxyl groups excluding tert-OH is 2. The number of nitrogens with zero attached hydrogens (tertiary/aromatic N) is 1. The van der Waals surface area contributed by atoms with E-state index in [1.165, 1.54) is 12.8 Å². The fourth-order valence-electron chi connectivity index (χ4n) is 1.63. The quantitative estimate of drug-likeness (QED) is 0.215. The van der Waals surface area contributed by atoms with Gasteiger partial charge in [0.25, 0.3) is 0 Å². The van der Waals surface area contributed by atoms with Crippen LogP contribution in [0, 0.1) is 0 Å². The SMILES string of the molecule is CCCC/C=C/CCOC[N+](CO)(CO)CCC(=O)[O-]. The minimum absolute atomic E-state index is 0.0850. The Hall–Kier alpha value is -0.950. The Labute approximate surface area is 120 Å². The second-order valence-electron chi connectivity index (χ2n) is 4.91. The van der Waals surface area contributed by atoms with Crippen molar-refractivity contribution in [1.82, 2.24) is 0 Å². The van der Waals surface area contributed by atoms with Crippen LogP contribution in [0.15, 0.2) is 12.2 Å². The van der Waals surface area contributed by atoms with Gasteiger partial charge >= 0.3 is 0 Å². The van der Waals surface area contributed by atoms with Crippen molar-refractivity contribution in [3.05, 3.63) is 12.2 Å². The van der Waals surface area contributed by atoms with Gasteiger partial charge in [-0.15, -0.1) is 0 Å². The summed E-state index contributed by atoms with van der Waals surface area (Å²) in [5.74, 6) is -1.20. The molecule has 0 heterocycles. The first-order valence-electron chi connectivity index (χ1n) is 7.09. The van der Waals surface area contributed by atoms with Gasteiger partial charge in [0.2, 0.25) is 0 Å². The summed E-state index contributed by atoms with van der Waals surface area (Å²) in [4.78, 5) is 10.4. The maximum Gasteiger partial charge on any atom is 0.186 e. The summed E-state index contributed by atoms with van der Waals surface area (Å²) in [6, 6.07) is 0. The molecule has 0 aromatic carbocycles. The molecular formula is C14H27NO5. The molecule has 0 aliphatic heterocycles. The van der Waals surface area contributed by atoms with E-state index in [0.29, 0.717) is 6.61 Å². The highest BCUT2D eigenvalue weighted by atomic mass is 16.5. The number of quaternary nitrogens is 1. The van der Waals surface area contributed by atoms with Crippen molar-refractivity contribution < 1.29 is 29.3 Å². The third-order valence-electron chi connectivity index (χ3n) is 3.08. The molecule has 0 rings (SSSR count). The summed E-state index contributed by atoms with van der Waals surface area (Å²) in [5, 5.41) is 29.0. The standard InChI is InChI=1S/C14H27NO5/c1-2-3-4-5-6-7-10-20-13-15(11-16,12-17)9-8-14(18)19/h5-6,16-17H,2-4,7-13H2,1H3/b6-5+. The number of rotatable bonds is 13. The lowest BCUT2D eigenvalue weighted by Gasteiger charge is -2.33. The summed E-state index contributed by atoms with van der Waals surface area (Å²) in [7, 11) is 0. The fraction of sp³-hybridized carbons (Fsp3) is 0.786. The zero-order valence-corrected chi connectivity index (χ0v) is 12.3. The van der Waals surface area contributed by atoms with Gasteiger partial charge in [0.15, 0.2) is 20.2 Å². The van der Waals surface area contributed by atoms with E-state index >= 15 is 0 Å². The molecule has 0 bridgehead atoms. The van der Waals surface area contributed by atoms with E-state index in [0.717, 1.165) is 12.8 Å². The molecule has 118 valence electrons. The van der Waals surface area contributed by atoms with Gasteiger partial charge in [-0.05, 0) is 12.8 Å². The molecule has 0 spiro atoms. The van der Waals surface area contributed by atoms with Crippen LogP contribution in [0.25, 0.3) is 0 Å². The second kappa shape index (κ2) is 11.8.